The maximum absolute atomic E-state index is 12.3. The van der Waals surface area contributed by atoms with Crippen molar-refractivity contribution < 1.29 is 14.7 Å². The highest BCUT2D eigenvalue weighted by molar-refractivity contribution is 5.94. The number of rotatable bonds is 5. The predicted octanol–water partition coefficient (Wildman–Crippen LogP) is 1.74. The zero-order valence-electron chi connectivity index (χ0n) is 14.1. The van der Waals surface area contributed by atoms with Gasteiger partial charge in [0, 0.05) is 31.6 Å². The number of aryl methyl sites for hydroxylation is 1. The van der Waals surface area contributed by atoms with Gasteiger partial charge in [-0.25, -0.2) is 0 Å². The molecule has 1 unspecified atom stereocenters. The zero-order chi connectivity index (χ0) is 17.0. The van der Waals surface area contributed by atoms with E-state index in [1.807, 2.05) is 24.3 Å². The predicted molar refractivity (Wildman–Crippen MR) is 89.2 cm³/mol. The Kier molecular flexibility index (Phi) is 5.42. The third-order valence-corrected chi connectivity index (χ3v) is 4.20. The van der Waals surface area contributed by atoms with Crippen LogP contribution in [0.4, 0.5) is 0 Å². The van der Waals surface area contributed by atoms with E-state index >= 15 is 0 Å². The van der Waals surface area contributed by atoms with E-state index in [9.17, 15) is 14.7 Å². The van der Waals surface area contributed by atoms with Gasteiger partial charge in [0.1, 0.15) is 0 Å². The number of aliphatic hydroxyl groups is 1. The van der Waals surface area contributed by atoms with E-state index in [0.29, 0.717) is 31.4 Å². The Morgan fingerprint density at radius 3 is 2.57 bits per heavy atom. The van der Waals surface area contributed by atoms with Crippen molar-refractivity contribution in [1.29, 1.82) is 0 Å². The number of nitrogens with zero attached hydrogens (tertiary/aromatic N) is 1. The Labute approximate surface area is 137 Å². The number of carbonyl (C=O) groups excluding carboxylic acids is 2. The van der Waals surface area contributed by atoms with Gasteiger partial charge in [-0.2, -0.15) is 0 Å². The summed E-state index contributed by atoms with van der Waals surface area (Å²) in [6.45, 7) is 4.15. The molecular formula is C18H26N2O3. The summed E-state index contributed by atoms with van der Waals surface area (Å²) in [5.74, 6) is 0.0263. The van der Waals surface area contributed by atoms with Gasteiger partial charge in [-0.3, -0.25) is 9.59 Å². The highest BCUT2D eigenvalue weighted by Crippen LogP contribution is 2.15. The summed E-state index contributed by atoms with van der Waals surface area (Å²) in [6.07, 6.45) is 2.64. The van der Waals surface area contributed by atoms with Gasteiger partial charge in [-0.05, 0) is 50.8 Å². The Morgan fingerprint density at radius 2 is 2.00 bits per heavy atom. The van der Waals surface area contributed by atoms with Crippen molar-refractivity contribution >= 4 is 11.8 Å². The van der Waals surface area contributed by atoms with Crippen LogP contribution in [-0.4, -0.2) is 47.1 Å². The summed E-state index contributed by atoms with van der Waals surface area (Å²) >= 11 is 0. The topological polar surface area (TPSA) is 69.6 Å². The average Bonchev–Trinajstić information content (AvgIpc) is 2.49. The minimum absolute atomic E-state index is 0.0139. The van der Waals surface area contributed by atoms with Crippen molar-refractivity contribution in [3.63, 3.8) is 0 Å². The second kappa shape index (κ2) is 7.13. The lowest BCUT2D eigenvalue weighted by Gasteiger charge is -2.30. The number of likely N-dealkylation sites (N-methyl/N-ethyl adjacent to an activating group) is 1. The molecule has 0 spiro atoms. The molecule has 2 N–H and O–H groups in total. The molecular weight excluding hydrogens is 292 g/mol. The lowest BCUT2D eigenvalue weighted by Crippen LogP contribution is -2.48. The van der Waals surface area contributed by atoms with Crippen LogP contribution in [0.1, 0.15) is 49.0 Å². The maximum atomic E-state index is 12.3. The van der Waals surface area contributed by atoms with Crippen LogP contribution in [0.3, 0.4) is 0 Å². The van der Waals surface area contributed by atoms with E-state index in [0.717, 1.165) is 12.0 Å². The molecule has 126 valence electrons. The van der Waals surface area contributed by atoms with E-state index in [2.05, 4.69) is 5.32 Å². The molecule has 0 radical (unpaired) electrons. The third-order valence-electron chi connectivity index (χ3n) is 4.20. The molecule has 1 aliphatic rings. The van der Waals surface area contributed by atoms with Crippen molar-refractivity contribution in [2.75, 3.05) is 13.6 Å². The highest BCUT2D eigenvalue weighted by Gasteiger charge is 2.24. The fourth-order valence-electron chi connectivity index (χ4n) is 2.67. The fraction of sp³-hybridized carbons (Fsp3) is 0.556. The summed E-state index contributed by atoms with van der Waals surface area (Å²) < 4.78 is 0. The minimum atomic E-state index is -0.680. The SMILES string of the molecule is CN1CC(NC(=O)c2ccc(CCC(C)(C)O)cc2)CCC1=O. The van der Waals surface area contributed by atoms with Crippen LogP contribution in [0.15, 0.2) is 24.3 Å². The van der Waals surface area contributed by atoms with Crippen LogP contribution in [0, 0.1) is 0 Å². The average molecular weight is 318 g/mol. The normalized spacial score (nSPS) is 18.9. The number of carbonyl (C=O) groups is 2. The van der Waals surface area contributed by atoms with Crippen LogP contribution < -0.4 is 5.32 Å². The Hall–Kier alpha value is -1.88. The summed E-state index contributed by atoms with van der Waals surface area (Å²) in [5, 5.41) is 12.7. The molecule has 1 heterocycles. The van der Waals surface area contributed by atoms with Crippen LogP contribution >= 0.6 is 0 Å². The second-order valence-corrected chi connectivity index (χ2v) is 6.99. The molecule has 23 heavy (non-hydrogen) atoms. The van der Waals surface area contributed by atoms with Gasteiger partial charge in [0.05, 0.1) is 5.60 Å². The molecule has 1 aromatic rings. The fourth-order valence-corrected chi connectivity index (χ4v) is 2.67. The number of hydrogen-bond donors (Lipinski definition) is 2. The molecule has 1 fully saturated rings. The number of nitrogens with one attached hydrogen (secondary N) is 1. The second-order valence-electron chi connectivity index (χ2n) is 6.99. The molecule has 2 rings (SSSR count). The molecule has 0 saturated carbocycles. The van der Waals surface area contributed by atoms with Crippen molar-refractivity contribution in [2.24, 2.45) is 0 Å². The van der Waals surface area contributed by atoms with Gasteiger partial charge in [-0.1, -0.05) is 12.1 Å². The van der Waals surface area contributed by atoms with Gasteiger partial charge in [0.25, 0.3) is 5.91 Å². The molecule has 0 aromatic heterocycles. The molecule has 5 nitrogen and oxygen atoms in total. The van der Waals surface area contributed by atoms with Crippen LogP contribution in [0.5, 0.6) is 0 Å². The molecule has 1 aliphatic heterocycles. The van der Waals surface area contributed by atoms with Gasteiger partial charge in [0.2, 0.25) is 5.91 Å². The van der Waals surface area contributed by atoms with Crippen LogP contribution in [0.2, 0.25) is 0 Å². The van der Waals surface area contributed by atoms with Gasteiger partial charge in [-0.15, -0.1) is 0 Å². The van der Waals surface area contributed by atoms with Crippen LogP contribution in [-0.2, 0) is 11.2 Å². The minimum Gasteiger partial charge on any atom is -0.390 e. The third kappa shape index (κ3) is 5.36. The number of benzene rings is 1. The van der Waals surface area contributed by atoms with Crippen molar-refractivity contribution in [3.8, 4) is 0 Å². The first kappa shape index (κ1) is 17.5. The Bertz CT molecular complexity index is 561. The van der Waals surface area contributed by atoms with Gasteiger partial charge < -0.3 is 15.3 Å². The quantitative estimate of drug-likeness (QED) is 0.869. The molecule has 5 heteroatoms. The molecule has 1 aromatic carbocycles. The van der Waals surface area contributed by atoms with Gasteiger partial charge >= 0.3 is 0 Å². The zero-order valence-corrected chi connectivity index (χ0v) is 14.1. The summed E-state index contributed by atoms with van der Waals surface area (Å²) in [7, 11) is 1.76. The molecule has 1 atom stereocenters. The van der Waals surface area contributed by atoms with E-state index < -0.39 is 5.60 Å². The molecule has 0 aliphatic carbocycles. The monoisotopic (exact) mass is 318 g/mol. The van der Waals surface area contributed by atoms with Crippen molar-refractivity contribution in [2.45, 2.75) is 51.2 Å². The van der Waals surface area contributed by atoms with E-state index in [4.69, 9.17) is 0 Å². The number of amides is 2. The number of piperidine rings is 1. The van der Waals surface area contributed by atoms with E-state index in [-0.39, 0.29) is 17.9 Å². The summed E-state index contributed by atoms with van der Waals surface area (Å²) in [5.41, 5.74) is 1.05. The van der Waals surface area contributed by atoms with E-state index in [1.165, 1.54) is 0 Å². The number of likely N-dealkylation sites (tertiary alicyclic amines) is 1. The van der Waals surface area contributed by atoms with E-state index in [1.54, 1.807) is 25.8 Å². The number of hydrogen-bond acceptors (Lipinski definition) is 3. The highest BCUT2D eigenvalue weighted by atomic mass is 16.3. The van der Waals surface area contributed by atoms with Crippen LogP contribution in [0.25, 0.3) is 0 Å². The first-order chi connectivity index (χ1) is 10.7. The summed E-state index contributed by atoms with van der Waals surface area (Å²) in [4.78, 5) is 25.4. The van der Waals surface area contributed by atoms with Crippen molar-refractivity contribution in [3.05, 3.63) is 35.4 Å². The Balaban J connectivity index is 1.89. The molecule has 1 saturated heterocycles. The first-order valence-electron chi connectivity index (χ1n) is 8.11. The van der Waals surface area contributed by atoms with Crippen molar-refractivity contribution in [1.82, 2.24) is 10.2 Å². The Morgan fingerprint density at radius 1 is 1.35 bits per heavy atom. The smallest absolute Gasteiger partial charge is 0.251 e. The first-order valence-corrected chi connectivity index (χ1v) is 8.11. The standard InChI is InChI=1S/C18H26N2O3/c1-18(2,23)11-10-13-4-6-14(7-5-13)17(22)19-15-8-9-16(21)20(3)12-15/h4-7,15,23H,8-12H2,1-3H3,(H,19,22). The lowest BCUT2D eigenvalue weighted by molar-refractivity contribution is -0.132. The maximum Gasteiger partial charge on any atom is 0.251 e. The molecule has 2 amide bonds. The largest absolute Gasteiger partial charge is 0.390 e. The van der Waals surface area contributed by atoms with Gasteiger partial charge in [0.15, 0.2) is 0 Å². The molecule has 0 bridgehead atoms. The summed E-state index contributed by atoms with van der Waals surface area (Å²) in [6, 6.07) is 7.49. The lowest BCUT2D eigenvalue weighted by atomic mass is 9.98.